The first kappa shape index (κ1) is 12.9. The van der Waals surface area contributed by atoms with E-state index in [4.69, 9.17) is 27.6 Å². The summed E-state index contributed by atoms with van der Waals surface area (Å²) in [4.78, 5) is 19.0. The standard InChI is InChI=1S/C5H11ClNO5P/c6-12-13(10,11)3-1-2-4(7)5(8)9/h4H,1-3,7H2,(H,8,9)(H,10,11). The Labute approximate surface area is 80.3 Å². The van der Waals surface area contributed by atoms with Crippen molar-refractivity contribution in [2.75, 3.05) is 6.16 Å². The third kappa shape index (κ3) is 6.01. The van der Waals surface area contributed by atoms with Gasteiger partial charge in [-0.25, -0.2) is 0 Å². The van der Waals surface area contributed by atoms with E-state index >= 15 is 0 Å². The molecule has 0 saturated carbocycles. The van der Waals surface area contributed by atoms with Gasteiger partial charge in [0.1, 0.15) is 6.04 Å². The van der Waals surface area contributed by atoms with Crippen molar-refractivity contribution in [3.8, 4) is 0 Å². The molecule has 0 radical (unpaired) electrons. The number of rotatable bonds is 6. The normalized spacial score (nSPS) is 17.8. The number of aliphatic carboxylic acids is 1. The van der Waals surface area contributed by atoms with E-state index in [0.29, 0.717) is 0 Å². The number of halogens is 1. The van der Waals surface area contributed by atoms with Crippen molar-refractivity contribution in [1.82, 2.24) is 0 Å². The minimum absolute atomic E-state index is 0.111. The van der Waals surface area contributed by atoms with E-state index in [1.165, 1.54) is 0 Å². The highest BCUT2D eigenvalue weighted by atomic mass is 35.5. The van der Waals surface area contributed by atoms with Crippen LogP contribution in [0.5, 0.6) is 0 Å². The predicted octanol–water partition coefficient (Wildman–Crippen LogP) is 0.534. The van der Waals surface area contributed by atoms with E-state index in [2.05, 4.69) is 4.08 Å². The zero-order valence-electron chi connectivity index (χ0n) is 6.72. The predicted molar refractivity (Wildman–Crippen MR) is 46.5 cm³/mol. The van der Waals surface area contributed by atoms with Crippen LogP contribution in [0, 0.1) is 0 Å². The lowest BCUT2D eigenvalue weighted by molar-refractivity contribution is -0.138. The summed E-state index contributed by atoms with van der Waals surface area (Å²) in [5.74, 6) is -1.14. The summed E-state index contributed by atoms with van der Waals surface area (Å²) in [6.45, 7) is 0. The van der Waals surface area contributed by atoms with E-state index in [-0.39, 0.29) is 19.0 Å². The molecule has 0 bridgehead atoms. The second-order valence-electron chi connectivity index (χ2n) is 2.52. The molecule has 0 aliphatic rings. The summed E-state index contributed by atoms with van der Waals surface area (Å²) in [7, 11) is -3.74. The molecular weight excluding hydrogens is 220 g/mol. The lowest BCUT2D eigenvalue weighted by atomic mass is 10.2. The van der Waals surface area contributed by atoms with Crippen LogP contribution in [-0.4, -0.2) is 28.2 Å². The SMILES string of the molecule is NC(CCCP(=O)(O)OCl)C(=O)O. The molecule has 0 aromatic carbocycles. The number of hydrogen-bond donors (Lipinski definition) is 3. The summed E-state index contributed by atoms with van der Waals surface area (Å²) in [5.41, 5.74) is 5.14. The van der Waals surface area contributed by atoms with Gasteiger partial charge < -0.3 is 15.7 Å². The van der Waals surface area contributed by atoms with Gasteiger partial charge in [-0.3, -0.25) is 9.36 Å². The van der Waals surface area contributed by atoms with Crippen molar-refractivity contribution in [2.45, 2.75) is 18.9 Å². The summed E-state index contributed by atoms with van der Waals surface area (Å²) in [6, 6.07) is -1.02. The van der Waals surface area contributed by atoms with Gasteiger partial charge in [0.2, 0.25) is 0 Å². The maximum absolute atomic E-state index is 10.7. The summed E-state index contributed by atoms with van der Waals surface area (Å²) < 4.78 is 14.5. The zero-order valence-corrected chi connectivity index (χ0v) is 8.37. The smallest absolute Gasteiger partial charge is 0.344 e. The van der Waals surface area contributed by atoms with E-state index in [0.717, 1.165) is 0 Å². The fourth-order valence-electron chi connectivity index (χ4n) is 0.669. The molecular formula is C5H11ClNO5P. The van der Waals surface area contributed by atoms with Crippen LogP contribution in [0.1, 0.15) is 12.8 Å². The van der Waals surface area contributed by atoms with Crippen LogP contribution in [0.25, 0.3) is 0 Å². The first-order valence-corrected chi connectivity index (χ1v) is 5.57. The molecule has 0 rings (SSSR count). The molecule has 13 heavy (non-hydrogen) atoms. The number of hydrogen-bond acceptors (Lipinski definition) is 4. The van der Waals surface area contributed by atoms with Crippen molar-refractivity contribution in [3.05, 3.63) is 0 Å². The van der Waals surface area contributed by atoms with Gasteiger partial charge in [0.25, 0.3) is 0 Å². The Bertz CT molecular complexity index is 223. The second kappa shape index (κ2) is 5.57. The van der Waals surface area contributed by atoms with Crippen LogP contribution >= 0.6 is 19.5 Å². The Morgan fingerprint density at radius 3 is 2.62 bits per heavy atom. The lowest BCUT2D eigenvalue weighted by Gasteiger charge is -2.08. The molecule has 0 amide bonds. The van der Waals surface area contributed by atoms with Crippen molar-refractivity contribution < 1.29 is 23.4 Å². The quantitative estimate of drug-likeness (QED) is 0.575. The molecule has 6 nitrogen and oxygen atoms in total. The summed E-state index contributed by atoms with van der Waals surface area (Å²) >= 11 is 4.71. The van der Waals surface area contributed by atoms with Gasteiger partial charge >= 0.3 is 13.6 Å². The lowest BCUT2D eigenvalue weighted by Crippen LogP contribution is -2.30. The highest BCUT2D eigenvalue weighted by Gasteiger charge is 2.20. The molecule has 78 valence electrons. The number of nitrogens with two attached hydrogens (primary N) is 1. The molecule has 0 aromatic rings. The minimum Gasteiger partial charge on any atom is -0.480 e. The first-order chi connectivity index (χ1) is 5.89. The summed E-state index contributed by atoms with van der Waals surface area (Å²) in [6.07, 6.45) is 0.0889. The van der Waals surface area contributed by atoms with Gasteiger partial charge in [-0.1, -0.05) is 0 Å². The fourth-order valence-corrected chi connectivity index (χ4v) is 1.53. The average molecular weight is 232 g/mol. The monoisotopic (exact) mass is 231 g/mol. The third-order valence-electron chi connectivity index (χ3n) is 1.38. The Kier molecular flexibility index (Phi) is 5.51. The summed E-state index contributed by atoms with van der Waals surface area (Å²) in [5, 5.41) is 8.35. The molecule has 0 spiro atoms. The Morgan fingerprint density at radius 1 is 1.69 bits per heavy atom. The molecule has 0 heterocycles. The van der Waals surface area contributed by atoms with Crippen LogP contribution in [0.15, 0.2) is 0 Å². The maximum Gasteiger partial charge on any atom is 0.344 e. The van der Waals surface area contributed by atoms with Crippen LogP contribution in [0.3, 0.4) is 0 Å². The molecule has 0 aliphatic carbocycles. The highest BCUT2D eigenvalue weighted by Crippen LogP contribution is 2.43. The van der Waals surface area contributed by atoms with Gasteiger partial charge in [0, 0.05) is 0 Å². The van der Waals surface area contributed by atoms with Gasteiger partial charge in [-0.05, 0) is 12.8 Å². The highest BCUT2D eigenvalue weighted by molar-refractivity contribution is 7.53. The Balaban J connectivity index is 3.68. The third-order valence-corrected chi connectivity index (χ3v) is 3.12. The topological polar surface area (TPSA) is 110 Å². The van der Waals surface area contributed by atoms with Crippen LogP contribution < -0.4 is 5.73 Å². The van der Waals surface area contributed by atoms with Crippen molar-refractivity contribution in [1.29, 1.82) is 0 Å². The first-order valence-electron chi connectivity index (χ1n) is 3.49. The minimum atomic E-state index is -3.74. The second-order valence-corrected chi connectivity index (χ2v) is 4.79. The molecule has 4 N–H and O–H groups in total. The van der Waals surface area contributed by atoms with Crippen LogP contribution in [-0.2, 0) is 13.4 Å². The van der Waals surface area contributed by atoms with Crippen molar-refractivity contribution >= 4 is 25.4 Å². The Morgan fingerprint density at radius 2 is 2.23 bits per heavy atom. The number of carboxylic acids is 1. The van der Waals surface area contributed by atoms with E-state index in [1.54, 1.807) is 0 Å². The van der Waals surface area contributed by atoms with Gasteiger partial charge in [-0.2, -0.15) is 4.08 Å². The number of carboxylic acid groups (broad SMARTS) is 1. The van der Waals surface area contributed by atoms with Crippen molar-refractivity contribution in [2.24, 2.45) is 5.73 Å². The van der Waals surface area contributed by atoms with Gasteiger partial charge in [-0.15, -0.1) is 0 Å². The molecule has 0 aromatic heterocycles. The Hall–Kier alpha value is -0.130. The fraction of sp³-hybridized carbons (Fsp3) is 0.800. The van der Waals surface area contributed by atoms with E-state index < -0.39 is 19.6 Å². The number of carbonyl (C=O) groups is 1. The maximum atomic E-state index is 10.7. The molecule has 8 heteroatoms. The largest absolute Gasteiger partial charge is 0.480 e. The van der Waals surface area contributed by atoms with Crippen LogP contribution in [0.2, 0.25) is 0 Å². The van der Waals surface area contributed by atoms with Gasteiger partial charge in [0.15, 0.2) is 0 Å². The molecule has 0 aliphatic heterocycles. The molecule has 0 saturated heterocycles. The van der Waals surface area contributed by atoms with E-state index in [9.17, 15) is 9.36 Å². The molecule has 2 unspecified atom stereocenters. The van der Waals surface area contributed by atoms with Crippen LogP contribution in [0.4, 0.5) is 0 Å². The van der Waals surface area contributed by atoms with E-state index in [1.807, 2.05) is 0 Å². The zero-order chi connectivity index (χ0) is 10.5. The van der Waals surface area contributed by atoms with Crippen molar-refractivity contribution in [3.63, 3.8) is 0 Å². The average Bonchev–Trinajstić information content (AvgIpc) is 2.04. The molecule has 0 fully saturated rings. The van der Waals surface area contributed by atoms with Gasteiger partial charge in [0.05, 0.1) is 18.0 Å². The molecule has 2 atom stereocenters.